The van der Waals surface area contributed by atoms with Crippen LogP contribution >= 0.6 is 0 Å². The van der Waals surface area contributed by atoms with E-state index in [1.165, 1.54) is 0 Å². The Morgan fingerprint density at radius 3 is 2.38 bits per heavy atom. The molecule has 0 spiro atoms. The van der Waals surface area contributed by atoms with Gasteiger partial charge in [0.25, 0.3) is 6.43 Å². The minimum atomic E-state index is -2.75. The number of allylic oxidation sites excluding steroid dienone is 1. The number of halogens is 2. The first-order chi connectivity index (χ1) is 7.54. The third kappa shape index (κ3) is 3.41. The topological polar surface area (TPSA) is 26.3 Å². The van der Waals surface area contributed by atoms with Crippen LogP contribution in [0.5, 0.6) is 0 Å². The molecular formula is C11H12F2O2S. The molecule has 0 saturated carbocycles. The molecule has 16 heavy (non-hydrogen) atoms. The Morgan fingerprint density at radius 1 is 1.38 bits per heavy atom. The number of hydrogen-bond acceptors (Lipinski definition) is 2. The summed E-state index contributed by atoms with van der Waals surface area (Å²) in [5, 5.41) is 0.926. The third-order valence-corrected chi connectivity index (χ3v) is 3.11. The summed E-state index contributed by atoms with van der Waals surface area (Å²) in [5.41, 5.74) is 1.02. The molecule has 0 bridgehead atoms. The van der Waals surface area contributed by atoms with Crippen LogP contribution in [0.2, 0.25) is 0 Å². The number of rotatable bonds is 4. The lowest BCUT2D eigenvalue weighted by atomic mass is 10.2. The smallest absolute Gasteiger partial charge is 0.295 e. The summed E-state index contributed by atoms with van der Waals surface area (Å²) in [6.45, 7) is 1.89. The summed E-state index contributed by atoms with van der Waals surface area (Å²) in [5.74, 6) is -0.570. The normalized spacial score (nSPS) is 13.9. The van der Waals surface area contributed by atoms with Crippen LogP contribution in [-0.4, -0.2) is 17.7 Å². The summed E-state index contributed by atoms with van der Waals surface area (Å²) in [4.78, 5) is 0.473. The first-order valence-corrected chi connectivity index (χ1v) is 5.77. The van der Waals surface area contributed by atoms with Crippen LogP contribution in [-0.2, 0) is 15.5 Å². The van der Waals surface area contributed by atoms with Gasteiger partial charge in [-0.05, 0) is 19.1 Å². The standard InChI is InChI=1S/C11H12F2O2S/c1-8-3-5-9(6-4-8)16(14)7-10(15-2)11(12)13/h3-7,11H,1-2H3/b10-7-. The summed E-state index contributed by atoms with van der Waals surface area (Å²) in [7, 11) is -0.480. The molecule has 0 fully saturated rings. The summed E-state index contributed by atoms with van der Waals surface area (Å²) < 4.78 is 40.7. The van der Waals surface area contributed by atoms with Crippen LogP contribution in [0.25, 0.3) is 0 Å². The second-order valence-electron chi connectivity index (χ2n) is 3.14. The maximum atomic E-state index is 12.3. The number of aryl methyl sites for hydroxylation is 1. The Morgan fingerprint density at radius 2 is 1.94 bits per heavy atom. The Bertz CT molecular complexity index is 399. The minimum Gasteiger partial charge on any atom is -0.494 e. The molecule has 1 atom stereocenters. The first-order valence-electron chi connectivity index (χ1n) is 4.55. The Labute approximate surface area is 95.4 Å². The Balaban J connectivity index is 2.90. The van der Waals surface area contributed by atoms with Crippen molar-refractivity contribution in [1.29, 1.82) is 0 Å². The van der Waals surface area contributed by atoms with Crippen molar-refractivity contribution in [3.05, 3.63) is 41.0 Å². The zero-order chi connectivity index (χ0) is 12.1. The highest BCUT2D eigenvalue weighted by Crippen LogP contribution is 2.15. The van der Waals surface area contributed by atoms with Crippen molar-refractivity contribution in [3.8, 4) is 0 Å². The molecule has 0 N–H and O–H groups in total. The van der Waals surface area contributed by atoms with Crippen molar-refractivity contribution in [3.63, 3.8) is 0 Å². The van der Waals surface area contributed by atoms with Crippen LogP contribution in [0.4, 0.5) is 8.78 Å². The molecule has 0 aliphatic rings. The fourth-order valence-electron chi connectivity index (χ4n) is 1.03. The molecule has 0 aliphatic heterocycles. The zero-order valence-corrected chi connectivity index (χ0v) is 9.76. The molecule has 88 valence electrons. The zero-order valence-electron chi connectivity index (χ0n) is 8.94. The number of ether oxygens (including phenoxy) is 1. The highest BCUT2D eigenvalue weighted by molar-refractivity contribution is 7.88. The Hall–Kier alpha value is -1.23. The molecule has 1 aromatic rings. The average Bonchev–Trinajstić information content (AvgIpc) is 2.26. The molecule has 0 amide bonds. The van der Waals surface area contributed by atoms with Gasteiger partial charge >= 0.3 is 0 Å². The lowest BCUT2D eigenvalue weighted by Crippen LogP contribution is -2.01. The van der Waals surface area contributed by atoms with Gasteiger partial charge < -0.3 is 4.74 Å². The molecular weight excluding hydrogens is 234 g/mol. The SMILES string of the molecule is CO/C(=C\S(=O)c1ccc(C)cc1)C(F)F. The lowest BCUT2D eigenvalue weighted by Gasteiger charge is -2.04. The van der Waals surface area contributed by atoms with Gasteiger partial charge in [-0.15, -0.1) is 0 Å². The van der Waals surface area contributed by atoms with E-state index in [-0.39, 0.29) is 0 Å². The van der Waals surface area contributed by atoms with Gasteiger partial charge in [0.05, 0.1) is 23.3 Å². The van der Waals surface area contributed by atoms with Gasteiger partial charge in [0.2, 0.25) is 0 Å². The van der Waals surface area contributed by atoms with Crippen molar-refractivity contribution < 1.29 is 17.7 Å². The Kier molecular flexibility index (Phi) is 4.61. The molecule has 0 aliphatic carbocycles. The van der Waals surface area contributed by atoms with Crippen LogP contribution in [0.1, 0.15) is 5.56 Å². The van der Waals surface area contributed by atoms with Gasteiger partial charge in [-0.3, -0.25) is 0 Å². The van der Waals surface area contributed by atoms with E-state index < -0.39 is 23.0 Å². The molecule has 1 aromatic carbocycles. The molecule has 1 rings (SSSR count). The molecule has 1 unspecified atom stereocenters. The van der Waals surface area contributed by atoms with Crippen molar-refractivity contribution in [2.24, 2.45) is 0 Å². The monoisotopic (exact) mass is 246 g/mol. The lowest BCUT2D eigenvalue weighted by molar-refractivity contribution is 0.107. The highest BCUT2D eigenvalue weighted by Gasteiger charge is 2.13. The van der Waals surface area contributed by atoms with E-state index in [0.717, 1.165) is 18.1 Å². The molecule has 0 radical (unpaired) electrons. The predicted molar refractivity (Wildman–Crippen MR) is 58.7 cm³/mol. The van der Waals surface area contributed by atoms with E-state index in [1.54, 1.807) is 24.3 Å². The van der Waals surface area contributed by atoms with E-state index in [4.69, 9.17) is 0 Å². The summed E-state index contributed by atoms with van der Waals surface area (Å²) in [6, 6.07) is 6.83. The van der Waals surface area contributed by atoms with Gasteiger partial charge in [0.15, 0.2) is 5.76 Å². The largest absolute Gasteiger partial charge is 0.494 e. The fourth-order valence-corrected chi connectivity index (χ4v) is 1.99. The van der Waals surface area contributed by atoms with Crippen molar-refractivity contribution in [2.45, 2.75) is 18.2 Å². The van der Waals surface area contributed by atoms with Crippen LogP contribution in [0.3, 0.4) is 0 Å². The van der Waals surface area contributed by atoms with Crippen molar-refractivity contribution >= 4 is 10.8 Å². The second-order valence-corrected chi connectivity index (χ2v) is 4.44. The van der Waals surface area contributed by atoms with Crippen LogP contribution < -0.4 is 0 Å². The molecule has 0 aromatic heterocycles. The fraction of sp³-hybridized carbons (Fsp3) is 0.273. The van der Waals surface area contributed by atoms with Gasteiger partial charge in [-0.1, -0.05) is 17.7 Å². The van der Waals surface area contributed by atoms with Gasteiger partial charge in [0, 0.05) is 4.90 Å². The van der Waals surface area contributed by atoms with E-state index >= 15 is 0 Å². The minimum absolute atomic E-state index is 0.473. The first kappa shape index (κ1) is 12.8. The molecule has 2 nitrogen and oxygen atoms in total. The summed E-state index contributed by atoms with van der Waals surface area (Å²) >= 11 is 0. The summed E-state index contributed by atoms with van der Waals surface area (Å²) in [6.07, 6.45) is -2.75. The quantitative estimate of drug-likeness (QED) is 0.764. The second kappa shape index (κ2) is 5.75. The molecule has 0 saturated heterocycles. The number of alkyl halides is 2. The van der Waals surface area contributed by atoms with Crippen molar-refractivity contribution in [1.82, 2.24) is 0 Å². The van der Waals surface area contributed by atoms with E-state index in [1.807, 2.05) is 6.92 Å². The van der Waals surface area contributed by atoms with Crippen LogP contribution in [0, 0.1) is 6.92 Å². The van der Waals surface area contributed by atoms with Crippen molar-refractivity contribution in [2.75, 3.05) is 7.11 Å². The molecule has 0 heterocycles. The van der Waals surface area contributed by atoms with Gasteiger partial charge in [-0.2, -0.15) is 0 Å². The van der Waals surface area contributed by atoms with E-state index in [9.17, 15) is 13.0 Å². The molecule has 5 heteroatoms. The van der Waals surface area contributed by atoms with Crippen LogP contribution in [0.15, 0.2) is 40.3 Å². The maximum Gasteiger partial charge on any atom is 0.295 e. The van der Waals surface area contributed by atoms with Gasteiger partial charge in [0.1, 0.15) is 0 Å². The number of methoxy groups -OCH3 is 1. The van der Waals surface area contributed by atoms with E-state index in [2.05, 4.69) is 4.74 Å². The third-order valence-electron chi connectivity index (χ3n) is 1.93. The average molecular weight is 246 g/mol. The van der Waals surface area contributed by atoms with E-state index in [0.29, 0.717) is 4.90 Å². The number of benzene rings is 1. The predicted octanol–water partition coefficient (Wildman–Crippen LogP) is 2.86. The van der Waals surface area contributed by atoms with Gasteiger partial charge in [-0.25, -0.2) is 13.0 Å². The number of hydrogen-bond donors (Lipinski definition) is 0. The maximum absolute atomic E-state index is 12.3. The highest BCUT2D eigenvalue weighted by atomic mass is 32.2.